The molecule has 0 saturated heterocycles. The van der Waals surface area contributed by atoms with Gasteiger partial charge in [-0.15, -0.1) is 0 Å². The maximum Gasteiger partial charge on any atom is 0.0806 e. The van der Waals surface area contributed by atoms with Gasteiger partial charge in [0.1, 0.15) is 0 Å². The molecule has 1 heterocycles. The summed E-state index contributed by atoms with van der Waals surface area (Å²) in [6, 6.07) is 9.97. The van der Waals surface area contributed by atoms with Gasteiger partial charge in [-0.25, -0.2) is 0 Å². The topological polar surface area (TPSA) is 54.7 Å². The first-order valence-corrected chi connectivity index (χ1v) is 4.69. The molecule has 0 amide bonds. The van der Waals surface area contributed by atoms with Crippen LogP contribution in [-0.4, -0.2) is 16.7 Å². The van der Waals surface area contributed by atoms with Crippen molar-refractivity contribution in [2.75, 3.05) is 6.54 Å². The van der Waals surface area contributed by atoms with Gasteiger partial charge in [-0.2, -0.15) is 5.10 Å². The molecular weight excluding hydrogens is 186 g/mol. The number of hydrogen-bond acceptors (Lipinski definition) is 2. The molecule has 2 rings (SSSR count). The van der Waals surface area contributed by atoms with Crippen molar-refractivity contribution >= 4 is 0 Å². The van der Waals surface area contributed by atoms with Gasteiger partial charge < -0.3 is 5.73 Å². The quantitative estimate of drug-likeness (QED) is 0.679. The second-order valence-electron chi connectivity index (χ2n) is 3.03. The minimum Gasteiger partial charge on any atom is -0.320 e. The van der Waals surface area contributed by atoms with E-state index in [0.717, 1.165) is 16.8 Å². The second kappa shape index (κ2) is 4.45. The fourth-order valence-electron chi connectivity index (χ4n) is 1.35. The number of aromatic amines is 1. The van der Waals surface area contributed by atoms with E-state index < -0.39 is 0 Å². The third kappa shape index (κ3) is 2.06. The number of nitrogens with zero attached hydrogens (tertiary/aromatic N) is 1. The average molecular weight is 197 g/mol. The Bertz CT molecular complexity index is 488. The summed E-state index contributed by atoms with van der Waals surface area (Å²) >= 11 is 0. The Balaban J connectivity index is 2.42. The van der Waals surface area contributed by atoms with E-state index >= 15 is 0 Å². The minimum atomic E-state index is 0.361. The molecule has 3 nitrogen and oxygen atoms in total. The smallest absolute Gasteiger partial charge is 0.0806 e. The summed E-state index contributed by atoms with van der Waals surface area (Å²) in [5.74, 6) is 5.80. The zero-order valence-electron chi connectivity index (χ0n) is 8.20. The van der Waals surface area contributed by atoms with Crippen LogP contribution in [0, 0.1) is 11.8 Å². The van der Waals surface area contributed by atoms with Crippen molar-refractivity contribution in [2.45, 2.75) is 0 Å². The molecule has 0 bridgehead atoms. The number of hydrogen-bond donors (Lipinski definition) is 2. The lowest BCUT2D eigenvalue weighted by atomic mass is 10.1. The van der Waals surface area contributed by atoms with Gasteiger partial charge in [-0.1, -0.05) is 42.2 Å². The molecule has 0 spiro atoms. The van der Waals surface area contributed by atoms with Crippen LogP contribution in [0.25, 0.3) is 11.3 Å². The molecule has 1 aromatic heterocycles. The predicted molar refractivity (Wildman–Crippen MR) is 60.0 cm³/mol. The Kier molecular flexibility index (Phi) is 2.82. The number of nitrogens with two attached hydrogens (primary N) is 1. The lowest BCUT2D eigenvalue weighted by Crippen LogP contribution is -1.93. The molecule has 15 heavy (non-hydrogen) atoms. The predicted octanol–water partition coefficient (Wildman–Crippen LogP) is 1.39. The number of aromatic nitrogens is 2. The molecule has 1 aromatic carbocycles. The Morgan fingerprint density at radius 2 is 2.07 bits per heavy atom. The van der Waals surface area contributed by atoms with Gasteiger partial charge in [0.2, 0.25) is 0 Å². The molecule has 74 valence electrons. The van der Waals surface area contributed by atoms with E-state index in [1.165, 1.54) is 0 Å². The van der Waals surface area contributed by atoms with Crippen molar-refractivity contribution < 1.29 is 0 Å². The van der Waals surface area contributed by atoms with Crippen LogP contribution in [0.1, 0.15) is 5.56 Å². The summed E-state index contributed by atoms with van der Waals surface area (Å²) in [5, 5.41) is 6.92. The number of nitrogens with one attached hydrogen (secondary N) is 1. The van der Waals surface area contributed by atoms with Gasteiger partial charge in [0.15, 0.2) is 0 Å². The maximum absolute atomic E-state index is 5.33. The highest BCUT2D eigenvalue weighted by Gasteiger charge is 2.03. The lowest BCUT2D eigenvalue weighted by Gasteiger charge is -1.96. The summed E-state index contributed by atoms with van der Waals surface area (Å²) in [5.41, 5.74) is 8.23. The van der Waals surface area contributed by atoms with Gasteiger partial charge in [0.25, 0.3) is 0 Å². The molecular formula is C12H11N3. The Hall–Kier alpha value is -2.05. The molecule has 0 atom stereocenters. The Morgan fingerprint density at radius 3 is 2.80 bits per heavy atom. The van der Waals surface area contributed by atoms with Crippen LogP contribution in [-0.2, 0) is 0 Å². The van der Waals surface area contributed by atoms with E-state index in [2.05, 4.69) is 22.0 Å². The molecule has 3 N–H and O–H groups in total. The fraction of sp³-hybridized carbons (Fsp3) is 0.0833. The molecule has 0 aliphatic rings. The first kappa shape index (κ1) is 9.50. The third-order valence-corrected chi connectivity index (χ3v) is 2.03. The molecule has 0 aliphatic carbocycles. The van der Waals surface area contributed by atoms with Gasteiger partial charge in [-0.3, -0.25) is 5.10 Å². The fourth-order valence-corrected chi connectivity index (χ4v) is 1.35. The van der Waals surface area contributed by atoms with Gasteiger partial charge >= 0.3 is 0 Å². The summed E-state index contributed by atoms with van der Waals surface area (Å²) in [7, 11) is 0. The number of benzene rings is 1. The monoisotopic (exact) mass is 197 g/mol. The highest BCUT2D eigenvalue weighted by Crippen LogP contribution is 2.19. The molecule has 0 unspecified atom stereocenters. The van der Waals surface area contributed by atoms with Crippen LogP contribution in [0.3, 0.4) is 0 Å². The van der Waals surface area contributed by atoms with E-state index in [1.54, 1.807) is 6.20 Å². The summed E-state index contributed by atoms with van der Waals surface area (Å²) in [6.07, 6.45) is 1.71. The zero-order chi connectivity index (χ0) is 10.5. The van der Waals surface area contributed by atoms with Crippen LogP contribution in [0.15, 0.2) is 36.5 Å². The van der Waals surface area contributed by atoms with Crippen molar-refractivity contribution in [1.82, 2.24) is 10.2 Å². The van der Waals surface area contributed by atoms with E-state index in [1.807, 2.05) is 30.3 Å². The molecule has 2 aromatic rings. The maximum atomic E-state index is 5.33. The normalized spacial score (nSPS) is 9.40. The number of H-pyrrole nitrogens is 1. The van der Waals surface area contributed by atoms with Gasteiger partial charge in [0, 0.05) is 5.56 Å². The van der Waals surface area contributed by atoms with Crippen LogP contribution in [0.2, 0.25) is 0 Å². The molecule has 0 radical (unpaired) electrons. The van der Waals surface area contributed by atoms with Crippen molar-refractivity contribution in [1.29, 1.82) is 0 Å². The van der Waals surface area contributed by atoms with Crippen LogP contribution in [0.4, 0.5) is 0 Å². The number of rotatable bonds is 1. The summed E-state index contributed by atoms with van der Waals surface area (Å²) < 4.78 is 0. The Morgan fingerprint density at radius 1 is 1.27 bits per heavy atom. The molecule has 0 aliphatic heterocycles. The Labute approximate surface area is 88.3 Å². The highest BCUT2D eigenvalue weighted by molar-refractivity contribution is 5.66. The van der Waals surface area contributed by atoms with Crippen molar-refractivity contribution in [3.8, 4) is 23.1 Å². The standard InChI is InChI=1S/C12H11N3/c13-8-4-7-11-9-14-15-12(11)10-5-2-1-3-6-10/h1-3,5-6,9H,8,13H2,(H,14,15). The molecule has 0 fully saturated rings. The van der Waals surface area contributed by atoms with Crippen LogP contribution < -0.4 is 5.73 Å². The van der Waals surface area contributed by atoms with Gasteiger partial charge in [-0.05, 0) is 0 Å². The van der Waals surface area contributed by atoms with Crippen LogP contribution >= 0.6 is 0 Å². The minimum absolute atomic E-state index is 0.361. The van der Waals surface area contributed by atoms with E-state index in [0.29, 0.717) is 6.54 Å². The average Bonchev–Trinajstić information content (AvgIpc) is 2.75. The highest BCUT2D eigenvalue weighted by atomic mass is 15.1. The SMILES string of the molecule is NCC#Cc1cn[nH]c1-c1ccccc1. The van der Waals surface area contributed by atoms with E-state index in [4.69, 9.17) is 5.73 Å². The second-order valence-corrected chi connectivity index (χ2v) is 3.03. The first-order valence-electron chi connectivity index (χ1n) is 4.69. The first-order chi connectivity index (χ1) is 7.42. The largest absolute Gasteiger partial charge is 0.320 e. The molecule has 0 saturated carbocycles. The third-order valence-electron chi connectivity index (χ3n) is 2.03. The summed E-state index contributed by atoms with van der Waals surface area (Å²) in [6.45, 7) is 0.361. The van der Waals surface area contributed by atoms with Crippen molar-refractivity contribution in [2.24, 2.45) is 5.73 Å². The zero-order valence-corrected chi connectivity index (χ0v) is 8.20. The molecule has 3 heteroatoms. The van der Waals surface area contributed by atoms with Crippen molar-refractivity contribution in [3.05, 3.63) is 42.1 Å². The summed E-state index contributed by atoms with van der Waals surface area (Å²) in [4.78, 5) is 0. The van der Waals surface area contributed by atoms with Gasteiger partial charge in [0.05, 0.1) is 24.0 Å². The lowest BCUT2D eigenvalue weighted by molar-refractivity contribution is 1.10. The van der Waals surface area contributed by atoms with Crippen LogP contribution in [0.5, 0.6) is 0 Å². The van der Waals surface area contributed by atoms with E-state index in [9.17, 15) is 0 Å². The van der Waals surface area contributed by atoms with E-state index in [-0.39, 0.29) is 0 Å². The van der Waals surface area contributed by atoms with Crippen molar-refractivity contribution in [3.63, 3.8) is 0 Å².